The van der Waals surface area contributed by atoms with Crippen LogP contribution in [0.4, 0.5) is 22.2 Å². The number of anilines is 3. The number of carbonyl (C=O) groups is 4. The normalized spacial score (nSPS) is 29.1. The van der Waals surface area contributed by atoms with Gasteiger partial charge in [0, 0.05) is 49.2 Å². The lowest BCUT2D eigenvalue weighted by Crippen LogP contribution is -2.47. The maximum Gasteiger partial charge on any atom is 0.472 e. The highest BCUT2D eigenvalue weighted by molar-refractivity contribution is 8.00. The lowest BCUT2D eigenvalue weighted by atomic mass is 10.0. The van der Waals surface area contributed by atoms with Gasteiger partial charge < -0.3 is 87.6 Å². The van der Waals surface area contributed by atoms with Gasteiger partial charge in [0.15, 0.2) is 36.3 Å². The summed E-state index contributed by atoms with van der Waals surface area (Å²) in [5.74, 6) is -1.33. The minimum atomic E-state index is -5.63. The SMILES string of the molecule is Nc1ccn([C@@H]2O[C@H](CO)[C@@H](OP(=O)(O)OC[C@H]3O[C@@H](n4ccc(N)nc4=O)[C@H](O)[C@@H]3OP(=O)(O)OC[C@H]3O[C@@H](n4cnc5c(N)ncnc54)[C@H](O)[C@@H]3OC(=O)[C@H](Cc3ccccc3)NC(=O)CCCCCNC(=O)CCCC[C@@H]3SC[C@@H]4NC(=O)N[C@@H]43)[C@H]2O)c(=O)n1. The predicted octanol–water partition coefficient (Wildman–Crippen LogP) is -2.10. The number of nitrogens with two attached hydrogens (primary N) is 3. The zero-order chi connectivity index (χ0) is 66.3. The number of nitrogens with one attached hydrogen (secondary N) is 4. The van der Waals surface area contributed by atoms with Gasteiger partial charge in [0.1, 0.15) is 78.4 Å². The monoisotopic (exact) mass is 1360 g/mol. The first-order valence-electron chi connectivity index (χ1n) is 29.5. The lowest BCUT2D eigenvalue weighted by molar-refractivity contribution is -0.160. The third kappa shape index (κ3) is 16.7. The number of nitrogens with zero attached hydrogens (tertiary/aromatic N) is 8. The first-order valence-corrected chi connectivity index (χ1v) is 33.5. The molecule has 1 aromatic carbocycles. The average molecular weight is 1360 g/mol. The molecule has 0 saturated carbocycles. The number of phosphoric ester groups is 2. The number of hydrogen-bond acceptors (Lipinski definition) is 29. The van der Waals surface area contributed by atoms with Crippen molar-refractivity contribution in [1.82, 2.24) is 59.9 Å². The first-order chi connectivity index (χ1) is 44.5. The molecule has 40 heteroatoms. The van der Waals surface area contributed by atoms with Crippen molar-refractivity contribution < 1.29 is 95.6 Å². The van der Waals surface area contributed by atoms with E-state index in [1.165, 1.54) is 17.0 Å². The van der Waals surface area contributed by atoms with E-state index in [0.29, 0.717) is 54.0 Å². The van der Waals surface area contributed by atoms with Gasteiger partial charge in [-0.05, 0) is 43.4 Å². The molecule has 0 radical (unpaired) electrons. The number of benzene rings is 1. The van der Waals surface area contributed by atoms with E-state index in [2.05, 4.69) is 46.2 Å². The van der Waals surface area contributed by atoms with E-state index in [4.69, 9.17) is 54.2 Å². The molecule has 5 saturated heterocycles. The molecule has 0 bridgehead atoms. The number of urea groups is 1. The van der Waals surface area contributed by atoms with Crippen LogP contribution in [0.25, 0.3) is 11.2 Å². The van der Waals surface area contributed by atoms with Crippen molar-refractivity contribution in [2.24, 2.45) is 0 Å². The molecular formula is C53H71N15O22P2S. The van der Waals surface area contributed by atoms with Gasteiger partial charge in [-0.2, -0.15) is 21.7 Å². The van der Waals surface area contributed by atoms with Crippen LogP contribution in [0.5, 0.6) is 0 Å². The molecule has 5 aliphatic rings. The Morgan fingerprint density at radius 2 is 1.30 bits per heavy atom. The molecule has 4 aromatic heterocycles. The number of aliphatic hydroxyl groups is 4. The fourth-order valence-corrected chi connectivity index (χ4v) is 14.8. The number of unbranched alkanes of at least 4 members (excludes halogenated alkanes) is 3. The summed E-state index contributed by atoms with van der Waals surface area (Å²) < 4.78 is 75.4. The van der Waals surface area contributed by atoms with Crippen LogP contribution in [-0.4, -0.2) is 203 Å². The van der Waals surface area contributed by atoms with E-state index < -0.39 is 138 Å². The molecule has 5 aliphatic heterocycles. The Hall–Kier alpha value is -7.10. The minimum Gasteiger partial charge on any atom is -0.455 e. The van der Waals surface area contributed by atoms with Gasteiger partial charge in [0.2, 0.25) is 11.8 Å². The van der Waals surface area contributed by atoms with E-state index in [9.17, 15) is 68.1 Å². The lowest BCUT2D eigenvalue weighted by Gasteiger charge is -2.26. The number of amides is 4. The number of thioether (sulfide) groups is 1. The number of imidazole rings is 1. The van der Waals surface area contributed by atoms with Gasteiger partial charge in [-0.15, -0.1) is 0 Å². The molecule has 4 amide bonds. The molecule has 5 fully saturated rings. The van der Waals surface area contributed by atoms with Gasteiger partial charge in [0.25, 0.3) is 0 Å². The molecule has 5 aromatic rings. The van der Waals surface area contributed by atoms with E-state index in [1.807, 2.05) is 11.8 Å². The van der Waals surface area contributed by atoms with Gasteiger partial charge in [0.05, 0.1) is 38.2 Å². The van der Waals surface area contributed by atoms with Crippen LogP contribution in [0.15, 0.2) is 77.1 Å². The molecule has 37 nitrogen and oxygen atoms in total. The van der Waals surface area contributed by atoms with Crippen LogP contribution in [-0.2, 0) is 67.0 Å². The Kier molecular flexibility index (Phi) is 22.3. The summed E-state index contributed by atoms with van der Waals surface area (Å²) in [6.07, 6.45) is -13.3. The number of aliphatic hydroxyl groups excluding tert-OH is 4. The van der Waals surface area contributed by atoms with E-state index >= 15 is 0 Å². The van der Waals surface area contributed by atoms with Crippen LogP contribution in [0.1, 0.15) is 75.6 Å². The van der Waals surface area contributed by atoms with E-state index in [1.54, 1.807) is 30.3 Å². The summed E-state index contributed by atoms with van der Waals surface area (Å²) in [6, 6.07) is 9.59. The smallest absolute Gasteiger partial charge is 0.455 e. The molecule has 9 heterocycles. The van der Waals surface area contributed by atoms with Crippen LogP contribution in [0, 0.1) is 0 Å². The third-order valence-electron chi connectivity index (χ3n) is 16.0. The Morgan fingerprint density at radius 3 is 1.94 bits per heavy atom. The van der Waals surface area contributed by atoms with Crippen molar-refractivity contribution in [3.8, 4) is 0 Å². The van der Waals surface area contributed by atoms with Gasteiger partial charge >= 0.3 is 39.0 Å². The second-order valence-corrected chi connectivity index (χ2v) is 26.5. The summed E-state index contributed by atoms with van der Waals surface area (Å²) in [6.45, 7) is -2.77. The van der Waals surface area contributed by atoms with Gasteiger partial charge in [-0.3, -0.25) is 41.4 Å². The van der Waals surface area contributed by atoms with Crippen molar-refractivity contribution in [3.63, 3.8) is 0 Å². The average Bonchev–Trinajstić information content (AvgIpc) is 1.69. The number of esters is 1. The van der Waals surface area contributed by atoms with Crippen LogP contribution >= 0.6 is 27.4 Å². The van der Waals surface area contributed by atoms with E-state index in [-0.39, 0.29) is 65.5 Å². The Balaban J connectivity index is 0.791. The van der Waals surface area contributed by atoms with Crippen molar-refractivity contribution in [1.29, 1.82) is 0 Å². The summed E-state index contributed by atoms with van der Waals surface area (Å²) in [5.41, 5.74) is 15.9. The highest BCUT2D eigenvalue weighted by Crippen LogP contribution is 2.52. The summed E-state index contributed by atoms with van der Waals surface area (Å²) in [4.78, 5) is 120. The van der Waals surface area contributed by atoms with Crippen molar-refractivity contribution in [2.45, 2.75) is 155 Å². The Bertz CT molecular complexity index is 3690. The molecular weight excluding hydrogens is 1290 g/mol. The number of aromatic nitrogens is 8. The predicted molar refractivity (Wildman–Crippen MR) is 321 cm³/mol. The molecule has 0 aliphatic carbocycles. The molecule has 506 valence electrons. The topological polar surface area (TPSA) is 537 Å². The molecule has 2 unspecified atom stereocenters. The zero-order valence-corrected chi connectivity index (χ0v) is 51.9. The number of carbonyl (C=O) groups excluding carboxylic acids is 4. The second kappa shape index (κ2) is 30.1. The highest BCUT2D eigenvalue weighted by Gasteiger charge is 2.54. The fourth-order valence-electron chi connectivity index (χ4n) is 11.4. The number of nitrogen functional groups attached to an aromatic ring is 3. The number of fused-ring (bicyclic) bond motifs is 2. The molecule has 0 spiro atoms. The molecule has 10 rings (SSSR count). The quantitative estimate of drug-likeness (QED) is 0.0101. The number of phosphoric acid groups is 2. The second-order valence-electron chi connectivity index (χ2n) is 22.4. The maximum absolute atomic E-state index is 14.5. The summed E-state index contributed by atoms with van der Waals surface area (Å²) in [5, 5.41) is 56.7. The summed E-state index contributed by atoms with van der Waals surface area (Å²) >= 11 is 1.82. The Morgan fingerprint density at radius 1 is 0.720 bits per heavy atom. The largest absolute Gasteiger partial charge is 0.472 e. The minimum absolute atomic E-state index is 0.0309. The number of hydrogen-bond donors (Lipinski definition) is 13. The van der Waals surface area contributed by atoms with Crippen molar-refractivity contribution >= 4 is 79.8 Å². The van der Waals surface area contributed by atoms with Gasteiger partial charge in [-0.1, -0.05) is 43.2 Å². The fraction of sp³-hybridized carbons (Fsp3) is 0.566. The highest BCUT2D eigenvalue weighted by atomic mass is 32.2. The van der Waals surface area contributed by atoms with Crippen LogP contribution < -0.4 is 49.8 Å². The van der Waals surface area contributed by atoms with E-state index in [0.717, 1.165) is 47.9 Å². The number of ether oxygens (including phenoxy) is 4. The molecule has 93 heavy (non-hydrogen) atoms. The van der Waals surface area contributed by atoms with Crippen LogP contribution in [0.3, 0.4) is 0 Å². The molecule has 18 atom stereocenters. The van der Waals surface area contributed by atoms with Crippen molar-refractivity contribution in [2.75, 3.05) is 49.3 Å². The number of rotatable bonds is 30. The molecule has 16 N–H and O–H groups in total. The maximum atomic E-state index is 14.5. The first kappa shape index (κ1) is 68.8. The van der Waals surface area contributed by atoms with Crippen LogP contribution in [0.2, 0.25) is 0 Å². The zero-order valence-electron chi connectivity index (χ0n) is 49.3. The van der Waals surface area contributed by atoms with Crippen molar-refractivity contribution in [3.05, 3.63) is 94.0 Å². The Labute approximate surface area is 531 Å². The van der Waals surface area contributed by atoms with Gasteiger partial charge in [-0.25, -0.2) is 43.3 Å². The summed E-state index contributed by atoms with van der Waals surface area (Å²) in [7, 11) is -11.1. The third-order valence-corrected chi connectivity index (χ3v) is 19.5. The standard InChI is InChI=1S/C53H71N15O22P2S/c54-33-14-17-66(52(77)63-33)47-40(73)43(29(20-69)85-47)89-91(79,80)84-22-31-44(41(74)48(87-31)67-18-15-34(55)64-53(67)78)90-92(81,82)83-21-30-42(39(72)49(86-30)68-25-60-38-45(56)58-24-59-46(38)68)88-50(75)27(19-26-9-3-1-4-10-26)61-36(71)13-5-2-8-16-57-35(70)12-7-6-11-32-37-28(23-93-32)62-51(76)65-37/h1,3-4,9-10,14-15,17-18,24-25,27-32,37,39-44,47-49,69,72-74H,2,5-8,11-13,16,19-23H2,(H,57,70)(H,61,71)(H,79,80)(H,81,82)(H2,54,63,77)(H2,55,64,78)(H2,56,58,59)(H2,62,65,76)/t27-,28-,29+,30+,31+,32-,37-,39+,40+,41+,42+,43+,44+,47+,48+,49+/m0/s1.